The Balaban J connectivity index is 1.98. The first kappa shape index (κ1) is 20.7. The highest BCUT2D eigenvalue weighted by molar-refractivity contribution is 7.90. The fourth-order valence-corrected chi connectivity index (χ4v) is 3.26. The van der Waals surface area contributed by atoms with Gasteiger partial charge in [0.05, 0.1) is 4.90 Å². The smallest absolute Gasteiger partial charge is 0.335 e. The minimum absolute atomic E-state index is 0.0863. The Morgan fingerprint density at radius 2 is 1.70 bits per heavy atom. The van der Waals surface area contributed by atoms with Crippen LogP contribution < -0.4 is 14.8 Å². The van der Waals surface area contributed by atoms with Crippen LogP contribution in [0.25, 0.3) is 0 Å². The number of carbonyl (C=O) groups is 2. The van der Waals surface area contributed by atoms with Crippen molar-refractivity contribution in [3.8, 4) is 5.75 Å². The lowest BCUT2D eigenvalue weighted by Crippen LogP contribution is -2.46. The quantitative estimate of drug-likeness (QED) is 0.789. The van der Waals surface area contributed by atoms with Gasteiger partial charge in [-0.05, 0) is 56.7 Å². The molecule has 3 amide bonds. The van der Waals surface area contributed by atoms with Gasteiger partial charge < -0.3 is 4.74 Å². The fraction of sp³-hybridized carbons (Fsp3) is 0.222. The SMILES string of the molecule is Cc1ccc(S(=O)(=O)NC(=O)NC(=O)C(C)Oc2ccc(Cl)cc2C)cc1. The maximum Gasteiger partial charge on any atom is 0.335 e. The van der Waals surface area contributed by atoms with Crippen molar-refractivity contribution in [2.24, 2.45) is 0 Å². The van der Waals surface area contributed by atoms with E-state index in [1.165, 1.54) is 19.1 Å². The molecule has 2 aromatic carbocycles. The number of carbonyl (C=O) groups excluding carboxylic acids is 2. The molecule has 0 fully saturated rings. The van der Waals surface area contributed by atoms with Crippen LogP contribution in [0.4, 0.5) is 4.79 Å². The van der Waals surface area contributed by atoms with Gasteiger partial charge in [0.1, 0.15) is 5.75 Å². The molecule has 0 aromatic heterocycles. The zero-order chi connectivity index (χ0) is 20.2. The first-order chi connectivity index (χ1) is 12.6. The van der Waals surface area contributed by atoms with Crippen LogP contribution in [0.5, 0.6) is 5.75 Å². The number of halogens is 1. The van der Waals surface area contributed by atoms with Gasteiger partial charge in [-0.3, -0.25) is 10.1 Å². The van der Waals surface area contributed by atoms with Gasteiger partial charge in [0.25, 0.3) is 15.9 Å². The number of rotatable bonds is 5. The van der Waals surface area contributed by atoms with Crippen LogP contribution in [0, 0.1) is 13.8 Å². The third-order valence-electron chi connectivity index (χ3n) is 3.61. The van der Waals surface area contributed by atoms with E-state index >= 15 is 0 Å². The summed E-state index contributed by atoms with van der Waals surface area (Å²) in [6.45, 7) is 5.00. The molecule has 0 aliphatic carbocycles. The summed E-state index contributed by atoms with van der Waals surface area (Å²) < 4.78 is 31.6. The van der Waals surface area contributed by atoms with E-state index in [0.29, 0.717) is 16.3 Å². The van der Waals surface area contributed by atoms with Gasteiger partial charge in [-0.15, -0.1) is 0 Å². The monoisotopic (exact) mass is 410 g/mol. The van der Waals surface area contributed by atoms with Gasteiger partial charge in [-0.2, -0.15) is 0 Å². The van der Waals surface area contributed by atoms with E-state index < -0.39 is 28.1 Å². The molecule has 0 heterocycles. The van der Waals surface area contributed by atoms with Crippen molar-refractivity contribution >= 4 is 33.6 Å². The molecule has 0 bridgehead atoms. The molecule has 7 nitrogen and oxygen atoms in total. The first-order valence-electron chi connectivity index (χ1n) is 7.95. The molecule has 0 aliphatic rings. The van der Waals surface area contributed by atoms with E-state index in [4.69, 9.17) is 16.3 Å². The number of hydrogen-bond donors (Lipinski definition) is 2. The Morgan fingerprint density at radius 1 is 1.07 bits per heavy atom. The highest BCUT2D eigenvalue weighted by Crippen LogP contribution is 2.22. The standard InChI is InChI=1S/C18H19ClN2O5S/c1-11-4-7-15(8-5-11)27(24,25)21-18(23)20-17(22)13(3)26-16-9-6-14(19)10-12(16)2/h4-10,13H,1-3H3,(H2,20,21,22,23). The normalized spacial score (nSPS) is 12.1. The molecule has 2 aromatic rings. The summed E-state index contributed by atoms with van der Waals surface area (Å²) >= 11 is 5.86. The summed E-state index contributed by atoms with van der Waals surface area (Å²) in [5.74, 6) is -0.365. The van der Waals surface area contributed by atoms with E-state index in [2.05, 4.69) is 0 Å². The second kappa shape index (κ2) is 8.41. The third-order valence-corrected chi connectivity index (χ3v) is 5.19. The second-order valence-electron chi connectivity index (χ2n) is 5.91. The number of amides is 3. The van der Waals surface area contributed by atoms with Gasteiger partial charge in [0.15, 0.2) is 6.10 Å². The van der Waals surface area contributed by atoms with Gasteiger partial charge in [-0.25, -0.2) is 17.9 Å². The Hall–Kier alpha value is -2.58. The van der Waals surface area contributed by atoms with Gasteiger partial charge in [-0.1, -0.05) is 29.3 Å². The number of hydrogen-bond acceptors (Lipinski definition) is 5. The van der Waals surface area contributed by atoms with Crippen LogP contribution in [-0.4, -0.2) is 26.5 Å². The average molecular weight is 411 g/mol. The summed E-state index contributed by atoms with van der Waals surface area (Å²) in [4.78, 5) is 23.9. The van der Waals surface area contributed by atoms with Crippen molar-refractivity contribution in [1.82, 2.24) is 10.0 Å². The molecule has 0 aliphatic heterocycles. The molecule has 9 heteroatoms. The average Bonchev–Trinajstić information content (AvgIpc) is 2.57. The fourth-order valence-electron chi connectivity index (χ4n) is 2.13. The molecule has 27 heavy (non-hydrogen) atoms. The van der Waals surface area contributed by atoms with Crippen LogP contribution in [-0.2, 0) is 14.8 Å². The predicted octanol–water partition coefficient (Wildman–Crippen LogP) is 2.94. The summed E-state index contributed by atoms with van der Waals surface area (Å²) in [6.07, 6.45) is -1.03. The van der Waals surface area contributed by atoms with Crippen molar-refractivity contribution in [2.45, 2.75) is 31.8 Å². The zero-order valence-corrected chi connectivity index (χ0v) is 16.5. The highest BCUT2D eigenvalue weighted by Gasteiger charge is 2.22. The summed E-state index contributed by atoms with van der Waals surface area (Å²) in [5, 5.41) is 2.47. The van der Waals surface area contributed by atoms with Crippen LogP contribution >= 0.6 is 11.6 Å². The molecule has 0 spiro atoms. The van der Waals surface area contributed by atoms with Crippen LogP contribution in [0.2, 0.25) is 5.02 Å². The maximum atomic E-state index is 12.1. The van der Waals surface area contributed by atoms with Crippen LogP contribution in [0.1, 0.15) is 18.1 Å². The molecular weight excluding hydrogens is 392 g/mol. The van der Waals surface area contributed by atoms with Crippen molar-refractivity contribution in [3.63, 3.8) is 0 Å². The molecule has 0 saturated carbocycles. The Bertz CT molecular complexity index is 958. The topological polar surface area (TPSA) is 102 Å². The number of aryl methyl sites for hydroxylation is 2. The van der Waals surface area contributed by atoms with Crippen molar-refractivity contribution in [1.29, 1.82) is 0 Å². The molecule has 2 N–H and O–H groups in total. The molecule has 2 rings (SSSR count). The van der Waals surface area contributed by atoms with Crippen LogP contribution in [0.15, 0.2) is 47.4 Å². The molecule has 0 radical (unpaired) electrons. The number of sulfonamides is 1. The number of urea groups is 1. The molecular formula is C18H19ClN2O5S. The lowest BCUT2D eigenvalue weighted by Gasteiger charge is -2.16. The number of benzene rings is 2. The van der Waals surface area contributed by atoms with Crippen LogP contribution in [0.3, 0.4) is 0 Å². The predicted molar refractivity (Wildman–Crippen MR) is 101 cm³/mol. The van der Waals surface area contributed by atoms with Gasteiger partial charge >= 0.3 is 6.03 Å². The van der Waals surface area contributed by atoms with Gasteiger partial charge in [0, 0.05) is 5.02 Å². The molecule has 144 valence electrons. The van der Waals surface area contributed by atoms with E-state index in [9.17, 15) is 18.0 Å². The largest absolute Gasteiger partial charge is 0.481 e. The van der Waals surface area contributed by atoms with Crippen molar-refractivity contribution < 1.29 is 22.7 Å². The number of imide groups is 1. The van der Waals surface area contributed by atoms with Crippen molar-refractivity contribution in [2.75, 3.05) is 0 Å². The Kier molecular flexibility index (Phi) is 6.45. The highest BCUT2D eigenvalue weighted by atomic mass is 35.5. The maximum absolute atomic E-state index is 12.1. The van der Waals surface area contributed by atoms with Gasteiger partial charge in [0.2, 0.25) is 0 Å². The minimum Gasteiger partial charge on any atom is -0.481 e. The Morgan fingerprint density at radius 3 is 2.30 bits per heavy atom. The third kappa shape index (κ3) is 5.70. The van der Waals surface area contributed by atoms with E-state index in [1.807, 2.05) is 5.32 Å². The zero-order valence-electron chi connectivity index (χ0n) is 14.9. The summed E-state index contributed by atoms with van der Waals surface area (Å²) in [7, 11) is -4.09. The summed E-state index contributed by atoms with van der Waals surface area (Å²) in [5.41, 5.74) is 1.59. The van der Waals surface area contributed by atoms with Crippen molar-refractivity contribution in [3.05, 3.63) is 58.6 Å². The van der Waals surface area contributed by atoms with E-state index in [-0.39, 0.29) is 4.90 Å². The first-order valence-corrected chi connectivity index (χ1v) is 9.82. The molecule has 0 saturated heterocycles. The summed E-state index contributed by atoms with van der Waals surface area (Å²) in [6, 6.07) is 9.64. The lowest BCUT2D eigenvalue weighted by atomic mass is 10.2. The number of nitrogens with one attached hydrogen (secondary N) is 2. The second-order valence-corrected chi connectivity index (χ2v) is 8.03. The van der Waals surface area contributed by atoms with E-state index in [1.54, 1.807) is 48.9 Å². The Labute approximate surface area is 162 Å². The lowest BCUT2D eigenvalue weighted by molar-refractivity contribution is -0.126. The molecule has 1 atom stereocenters. The molecule has 1 unspecified atom stereocenters. The van der Waals surface area contributed by atoms with E-state index in [0.717, 1.165) is 5.56 Å². The number of ether oxygens (including phenoxy) is 1. The minimum atomic E-state index is -4.09.